The van der Waals surface area contributed by atoms with E-state index in [0.717, 1.165) is 56.2 Å². The fourth-order valence-electron chi connectivity index (χ4n) is 4.25. The third kappa shape index (κ3) is 4.13. The highest BCUT2D eigenvalue weighted by Gasteiger charge is 2.19. The Labute approximate surface area is 174 Å². The molecule has 1 aliphatic rings. The zero-order valence-electron chi connectivity index (χ0n) is 17.1. The van der Waals surface area contributed by atoms with Crippen LogP contribution >= 0.6 is 0 Å². The van der Waals surface area contributed by atoms with Crippen molar-refractivity contribution in [3.05, 3.63) is 69.8 Å². The number of aryl methyl sites for hydroxylation is 1. The van der Waals surface area contributed by atoms with Crippen molar-refractivity contribution in [1.82, 2.24) is 14.5 Å². The monoisotopic (exact) mass is 412 g/mol. The lowest BCUT2D eigenvalue weighted by Crippen LogP contribution is -2.28. The summed E-state index contributed by atoms with van der Waals surface area (Å²) in [5.41, 5.74) is 7.25. The summed E-state index contributed by atoms with van der Waals surface area (Å²) in [6.45, 7) is 4.95. The molecule has 5 nitrogen and oxygen atoms in total. The number of fused-ring (bicyclic) bond motifs is 1. The summed E-state index contributed by atoms with van der Waals surface area (Å²) < 4.78 is 29.0. The molecule has 0 amide bonds. The standard InChI is InChI=1S/C23H26F2N4O/c1-15(26)22-27-20-8-4-6-16(7-5-11-28-9-2-3-10-28)21(20)23(30)29(22)19-13-17(24)12-18(25)14-19/h4,6,8,12-15H,2-3,5,7,9-11,26H2,1H3/t15-/m0/s1. The second-order valence-corrected chi connectivity index (χ2v) is 7.99. The van der Waals surface area contributed by atoms with Crippen molar-refractivity contribution in [3.8, 4) is 5.69 Å². The lowest BCUT2D eigenvalue weighted by Gasteiger charge is -2.18. The van der Waals surface area contributed by atoms with E-state index in [-0.39, 0.29) is 17.1 Å². The van der Waals surface area contributed by atoms with E-state index in [4.69, 9.17) is 5.73 Å². The summed E-state index contributed by atoms with van der Waals surface area (Å²) in [5, 5.41) is 0.480. The lowest BCUT2D eigenvalue weighted by atomic mass is 10.0. The van der Waals surface area contributed by atoms with Crippen LogP contribution in [0.1, 0.15) is 43.6 Å². The fourth-order valence-corrected chi connectivity index (χ4v) is 4.25. The summed E-state index contributed by atoms with van der Waals surface area (Å²) >= 11 is 0. The number of hydrogen-bond acceptors (Lipinski definition) is 4. The zero-order valence-corrected chi connectivity index (χ0v) is 17.1. The number of aromatic nitrogens is 2. The van der Waals surface area contributed by atoms with Gasteiger partial charge in [-0.25, -0.2) is 13.8 Å². The molecule has 0 aliphatic carbocycles. The molecule has 7 heteroatoms. The van der Waals surface area contributed by atoms with Gasteiger partial charge in [-0.15, -0.1) is 0 Å². The van der Waals surface area contributed by atoms with E-state index in [1.165, 1.54) is 17.4 Å². The summed E-state index contributed by atoms with van der Waals surface area (Å²) in [5.74, 6) is -1.25. The van der Waals surface area contributed by atoms with Gasteiger partial charge < -0.3 is 10.6 Å². The highest BCUT2D eigenvalue weighted by Crippen LogP contribution is 2.21. The molecule has 0 saturated carbocycles. The minimum atomic E-state index is -0.758. The normalized spacial score (nSPS) is 15.7. The maximum atomic E-state index is 13.9. The van der Waals surface area contributed by atoms with Crippen LogP contribution in [-0.4, -0.2) is 34.1 Å². The molecule has 1 aromatic heterocycles. The highest BCUT2D eigenvalue weighted by atomic mass is 19.1. The molecule has 3 aromatic rings. The van der Waals surface area contributed by atoms with Gasteiger partial charge in [-0.05, 0) is 76.0 Å². The second kappa shape index (κ2) is 8.62. The first-order valence-corrected chi connectivity index (χ1v) is 10.4. The molecule has 0 bridgehead atoms. The number of nitrogens with zero attached hydrogens (tertiary/aromatic N) is 3. The van der Waals surface area contributed by atoms with Gasteiger partial charge in [-0.1, -0.05) is 12.1 Å². The van der Waals surface area contributed by atoms with E-state index < -0.39 is 17.7 Å². The maximum absolute atomic E-state index is 13.9. The van der Waals surface area contributed by atoms with Crippen LogP contribution in [0.2, 0.25) is 0 Å². The third-order valence-corrected chi connectivity index (χ3v) is 5.64. The molecular weight excluding hydrogens is 386 g/mol. The smallest absolute Gasteiger partial charge is 0.266 e. The van der Waals surface area contributed by atoms with Crippen LogP contribution in [0.15, 0.2) is 41.2 Å². The van der Waals surface area contributed by atoms with Gasteiger partial charge in [0.15, 0.2) is 0 Å². The Balaban J connectivity index is 1.80. The summed E-state index contributed by atoms with van der Waals surface area (Å²) in [4.78, 5) is 20.6. The summed E-state index contributed by atoms with van der Waals surface area (Å²) in [6.07, 6.45) is 4.16. The van der Waals surface area contributed by atoms with Gasteiger partial charge in [-0.3, -0.25) is 9.36 Å². The Kier molecular flexibility index (Phi) is 5.92. The van der Waals surface area contributed by atoms with Crippen molar-refractivity contribution in [2.75, 3.05) is 19.6 Å². The van der Waals surface area contributed by atoms with Crippen LogP contribution in [0, 0.1) is 11.6 Å². The molecule has 2 heterocycles. The summed E-state index contributed by atoms with van der Waals surface area (Å²) in [6, 6.07) is 8.03. The van der Waals surface area contributed by atoms with Crippen LogP contribution in [-0.2, 0) is 6.42 Å². The number of halogens is 2. The Bertz CT molecular complexity index is 1100. The first kappa shape index (κ1) is 20.6. The van der Waals surface area contributed by atoms with Gasteiger partial charge in [0.1, 0.15) is 17.5 Å². The van der Waals surface area contributed by atoms with Crippen LogP contribution in [0.25, 0.3) is 16.6 Å². The number of hydrogen-bond donors (Lipinski definition) is 1. The lowest BCUT2D eigenvalue weighted by molar-refractivity contribution is 0.334. The van der Waals surface area contributed by atoms with Crippen molar-refractivity contribution in [3.63, 3.8) is 0 Å². The number of benzene rings is 2. The minimum Gasteiger partial charge on any atom is -0.322 e. The topological polar surface area (TPSA) is 64.2 Å². The molecule has 2 N–H and O–H groups in total. The fraction of sp³-hybridized carbons (Fsp3) is 0.391. The molecule has 158 valence electrons. The van der Waals surface area contributed by atoms with E-state index >= 15 is 0 Å². The Morgan fingerprint density at radius 3 is 2.50 bits per heavy atom. The Morgan fingerprint density at radius 1 is 1.13 bits per heavy atom. The van der Waals surface area contributed by atoms with E-state index in [2.05, 4.69) is 9.88 Å². The molecule has 0 radical (unpaired) electrons. The van der Waals surface area contributed by atoms with Crippen LogP contribution in [0.5, 0.6) is 0 Å². The van der Waals surface area contributed by atoms with Gasteiger partial charge in [0.25, 0.3) is 5.56 Å². The van der Waals surface area contributed by atoms with E-state index in [1.54, 1.807) is 13.0 Å². The SMILES string of the molecule is C[C@H](N)c1nc2cccc(CCCN3CCCC3)c2c(=O)n1-c1cc(F)cc(F)c1. The first-order valence-electron chi connectivity index (χ1n) is 10.4. The quantitative estimate of drug-likeness (QED) is 0.670. The van der Waals surface area contributed by atoms with Crippen molar-refractivity contribution < 1.29 is 8.78 Å². The number of nitrogens with two attached hydrogens (primary N) is 1. The predicted molar refractivity (Wildman–Crippen MR) is 114 cm³/mol. The van der Waals surface area contributed by atoms with Crippen molar-refractivity contribution in [2.24, 2.45) is 5.73 Å². The van der Waals surface area contributed by atoms with Gasteiger partial charge in [0.05, 0.1) is 22.6 Å². The van der Waals surface area contributed by atoms with Crippen molar-refractivity contribution in [2.45, 2.75) is 38.6 Å². The first-order chi connectivity index (χ1) is 14.4. The molecule has 2 aromatic carbocycles. The largest absolute Gasteiger partial charge is 0.322 e. The average Bonchev–Trinajstić information content (AvgIpc) is 3.20. The highest BCUT2D eigenvalue weighted by molar-refractivity contribution is 5.81. The van der Waals surface area contributed by atoms with E-state index in [1.807, 2.05) is 12.1 Å². The van der Waals surface area contributed by atoms with Crippen molar-refractivity contribution in [1.29, 1.82) is 0 Å². The van der Waals surface area contributed by atoms with Gasteiger partial charge in [-0.2, -0.15) is 0 Å². The molecule has 30 heavy (non-hydrogen) atoms. The summed E-state index contributed by atoms with van der Waals surface area (Å²) in [7, 11) is 0. The van der Waals surface area contributed by atoms with Gasteiger partial charge >= 0.3 is 0 Å². The molecule has 1 saturated heterocycles. The molecule has 1 atom stereocenters. The number of rotatable bonds is 6. The number of likely N-dealkylation sites (tertiary alicyclic amines) is 1. The van der Waals surface area contributed by atoms with Crippen LogP contribution < -0.4 is 11.3 Å². The van der Waals surface area contributed by atoms with Crippen molar-refractivity contribution >= 4 is 10.9 Å². The minimum absolute atomic E-state index is 0.0890. The van der Waals surface area contributed by atoms with Gasteiger partial charge in [0, 0.05) is 6.07 Å². The maximum Gasteiger partial charge on any atom is 0.266 e. The Hall–Kier alpha value is -2.64. The zero-order chi connectivity index (χ0) is 21.3. The molecule has 0 spiro atoms. The van der Waals surface area contributed by atoms with Gasteiger partial charge in [0.2, 0.25) is 0 Å². The molecule has 0 unspecified atom stereocenters. The molecular formula is C23H26F2N4O. The van der Waals surface area contributed by atoms with Crippen LogP contribution in [0.3, 0.4) is 0 Å². The molecule has 4 rings (SSSR count). The predicted octanol–water partition coefficient (Wildman–Crippen LogP) is 3.71. The van der Waals surface area contributed by atoms with E-state index in [0.29, 0.717) is 10.9 Å². The third-order valence-electron chi connectivity index (χ3n) is 5.64. The average molecular weight is 412 g/mol. The van der Waals surface area contributed by atoms with Crippen LogP contribution in [0.4, 0.5) is 8.78 Å². The Morgan fingerprint density at radius 2 is 1.83 bits per heavy atom. The van der Waals surface area contributed by atoms with E-state index in [9.17, 15) is 13.6 Å². The second-order valence-electron chi connectivity index (χ2n) is 7.99. The molecule has 1 fully saturated rings. The molecule has 1 aliphatic heterocycles.